The summed E-state index contributed by atoms with van der Waals surface area (Å²) in [5, 5.41) is 0.246. The molecule has 0 saturated carbocycles. The van der Waals surface area contributed by atoms with Gasteiger partial charge >= 0.3 is 0 Å². The van der Waals surface area contributed by atoms with Crippen LogP contribution in [0.1, 0.15) is 54.9 Å². The minimum Gasteiger partial charge on any atom is -0.417 e. The van der Waals surface area contributed by atoms with E-state index in [4.69, 9.17) is 15.3 Å². The van der Waals surface area contributed by atoms with E-state index in [0.29, 0.717) is 0 Å². The van der Waals surface area contributed by atoms with Crippen LogP contribution in [0.15, 0.2) is 0 Å². The Hall–Kier alpha value is -0.0862. The molecule has 0 spiro atoms. The molecule has 0 bridgehead atoms. The molecule has 0 amide bonds. The van der Waals surface area contributed by atoms with E-state index in [9.17, 15) is 0 Å². The van der Waals surface area contributed by atoms with E-state index in [-0.39, 0.29) is 17.1 Å². The van der Waals surface area contributed by atoms with Gasteiger partial charge in [-0.3, -0.25) is 0 Å². The Balaban J connectivity index is 4.88. The molecule has 136 valence electrons. The maximum Gasteiger partial charge on any atom is 0.192 e. The quantitative estimate of drug-likeness (QED) is 0.350. The Bertz CT molecular complexity index is 368. The average molecular weight is 357 g/mol. The van der Waals surface area contributed by atoms with E-state index in [0.717, 1.165) is 31.2 Å². The summed E-state index contributed by atoms with van der Waals surface area (Å²) in [5.41, 5.74) is 0. The van der Waals surface area contributed by atoms with Gasteiger partial charge in [0.15, 0.2) is 16.6 Å². The molecule has 0 aromatic rings. The Kier molecular flexibility index (Phi) is 9.38. The first-order valence-corrected chi connectivity index (χ1v) is 14.7. The highest BCUT2D eigenvalue weighted by molar-refractivity contribution is 6.74. The van der Waals surface area contributed by atoms with Crippen LogP contribution in [0.25, 0.3) is 0 Å². The summed E-state index contributed by atoms with van der Waals surface area (Å²) in [6.45, 7) is 21.1. The molecule has 0 fully saturated rings. The lowest BCUT2D eigenvalue weighted by Gasteiger charge is -2.38. The van der Waals surface area contributed by atoms with Gasteiger partial charge in [-0.05, 0) is 49.6 Å². The lowest BCUT2D eigenvalue weighted by Crippen LogP contribution is -2.44. The van der Waals surface area contributed by atoms with Crippen molar-refractivity contribution in [2.24, 2.45) is 5.92 Å². The fourth-order valence-electron chi connectivity index (χ4n) is 2.49. The van der Waals surface area contributed by atoms with Crippen molar-refractivity contribution in [3.8, 4) is 12.3 Å². The third-order valence-corrected chi connectivity index (χ3v) is 15.0. The van der Waals surface area contributed by atoms with Crippen molar-refractivity contribution in [3.63, 3.8) is 0 Å². The Labute approximate surface area is 148 Å². The van der Waals surface area contributed by atoms with Crippen LogP contribution in [-0.2, 0) is 8.85 Å². The predicted molar refractivity (Wildman–Crippen MR) is 108 cm³/mol. The Morgan fingerprint density at radius 3 is 1.87 bits per heavy atom. The lowest BCUT2D eigenvalue weighted by atomic mass is 10.0. The zero-order chi connectivity index (χ0) is 18.3. The van der Waals surface area contributed by atoms with Crippen LogP contribution in [0.2, 0.25) is 36.3 Å². The SMILES string of the molecule is C#C[C@H](C)[C@@H](CCO[Si](C)(C)C(C)(C)C)O[Si](CC)(CC)CC. The molecule has 0 aromatic heterocycles. The summed E-state index contributed by atoms with van der Waals surface area (Å²) in [5.74, 6) is 3.04. The fraction of sp³-hybridized carbons (Fsp3) is 0.895. The van der Waals surface area contributed by atoms with E-state index < -0.39 is 16.6 Å². The van der Waals surface area contributed by atoms with Crippen molar-refractivity contribution in [1.82, 2.24) is 0 Å². The summed E-state index contributed by atoms with van der Waals surface area (Å²) in [4.78, 5) is 0. The fourth-order valence-corrected chi connectivity index (χ4v) is 6.51. The molecule has 0 heterocycles. The summed E-state index contributed by atoms with van der Waals surface area (Å²) >= 11 is 0. The number of hydrogen-bond donors (Lipinski definition) is 0. The van der Waals surface area contributed by atoms with Gasteiger partial charge in [-0.15, -0.1) is 12.3 Å². The molecule has 0 unspecified atom stereocenters. The second kappa shape index (κ2) is 9.41. The van der Waals surface area contributed by atoms with Crippen LogP contribution in [0.4, 0.5) is 0 Å². The summed E-state index contributed by atoms with van der Waals surface area (Å²) < 4.78 is 13.0. The summed E-state index contributed by atoms with van der Waals surface area (Å²) in [7, 11) is -3.33. The van der Waals surface area contributed by atoms with Crippen molar-refractivity contribution in [1.29, 1.82) is 0 Å². The minimum atomic E-state index is -1.70. The van der Waals surface area contributed by atoms with Gasteiger partial charge in [0.1, 0.15) is 0 Å². The monoisotopic (exact) mass is 356 g/mol. The van der Waals surface area contributed by atoms with E-state index in [1.54, 1.807) is 0 Å². The summed E-state index contributed by atoms with van der Waals surface area (Å²) in [6.07, 6.45) is 6.74. The van der Waals surface area contributed by atoms with Gasteiger partial charge in [-0.1, -0.05) is 41.5 Å². The molecule has 0 aromatic carbocycles. The van der Waals surface area contributed by atoms with Gasteiger partial charge in [0.25, 0.3) is 0 Å². The van der Waals surface area contributed by atoms with Crippen LogP contribution in [0.3, 0.4) is 0 Å². The third-order valence-electron chi connectivity index (χ3n) is 5.83. The molecule has 0 aliphatic rings. The highest BCUT2D eigenvalue weighted by atomic mass is 28.4. The van der Waals surface area contributed by atoms with Crippen LogP contribution in [0, 0.1) is 18.3 Å². The normalized spacial score (nSPS) is 16.0. The predicted octanol–water partition coefficient (Wildman–Crippen LogP) is 6.06. The van der Waals surface area contributed by atoms with Gasteiger partial charge in [-0.25, -0.2) is 0 Å². The highest BCUT2D eigenvalue weighted by Gasteiger charge is 2.38. The third kappa shape index (κ3) is 6.74. The topological polar surface area (TPSA) is 18.5 Å². The molecule has 23 heavy (non-hydrogen) atoms. The first kappa shape index (κ1) is 22.9. The molecule has 2 nitrogen and oxygen atoms in total. The van der Waals surface area contributed by atoms with E-state index in [1.807, 2.05) is 0 Å². The second-order valence-electron chi connectivity index (χ2n) is 8.25. The molecular weight excluding hydrogens is 316 g/mol. The van der Waals surface area contributed by atoms with Crippen LogP contribution in [0.5, 0.6) is 0 Å². The van der Waals surface area contributed by atoms with Gasteiger partial charge in [0.05, 0.1) is 6.10 Å². The van der Waals surface area contributed by atoms with Crippen molar-refractivity contribution in [3.05, 3.63) is 0 Å². The molecule has 0 N–H and O–H groups in total. The average Bonchev–Trinajstić information content (AvgIpc) is 2.49. The maximum absolute atomic E-state index is 6.67. The van der Waals surface area contributed by atoms with Crippen LogP contribution in [-0.4, -0.2) is 29.3 Å². The second-order valence-corrected chi connectivity index (χ2v) is 17.8. The van der Waals surface area contributed by atoms with E-state index in [1.165, 1.54) is 0 Å². The molecule has 4 heteroatoms. The molecule has 0 rings (SSSR count). The van der Waals surface area contributed by atoms with Gasteiger partial charge in [0.2, 0.25) is 0 Å². The van der Waals surface area contributed by atoms with Crippen LogP contribution < -0.4 is 0 Å². The zero-order valence-corrected chi connectivity index (χ0v) is 19.1. The molecule has 0 aliphatic carbocycles. The Morgan fingerprint density at radius 1 is 1.04 bits per heavy atom. The standard InChI is InChI=1S/C19H40O2Si2/c1-11-17(5)18(21-23(12-2,13-3)14-4)15-16-20-22(9,10)19(6,7)8/h1,17-18H,12-16H2,2-10H3/t17-,18+/m0/s1. The van der Waals surface area contributed by atoms with E-state index in [2.05, 4.69) is 67.5 Å². The molecule has 2 atom stereocenters. The van der Waals surface area contributed by atoms with Crippen molar-refractivity contribution in [2.75, 3.05) is 6.61 Å². The molecule has 0 aliphatic heterocycles. The Morgan fingerprint density at radius 2 is 1.52 bits per heavy atom. The number of rotatable bonds is 10. The first-order valence-electron chi connectivity index (χ1n) is 9.26. The van der Waals surface area contributed by atoms with Crippen molar-refractivity contribution < 1.29 is 8.85 Å². The largest absolute Gasteiger partial charge is 0.417 e. The van der Waals surface area contributed by atoms with Gasteiger partial charge in [-0.2, -0.15) is 0 Å². The highest BCUT2D eigenvalue weighted by Crippen LogP contribution is 2.37. The van der Waals surface area contributed by atoms with Crippen molar-refractivity contribution >= 4 is 16.6 Å². The maximum atomic E-state index is 6.67. The smallest absolute Gasteiger partial charge is 0.192 e. The minimum absolute atomic E-state index is 0.135. The first-order chi connectivity index (χ1) is 10.5. The van der Waals surface area contributed by atoms with E-state index >= 15 is 0 Å². The summed E-state index contributed by atoms with van der Waals surface area (Å²) in [6, 6.07) is 3.49. The zero-order valence-electron chi connectivity index (χ0n) is 17.1. The molecule has 0 saturated heterocycles. The number of terminal acetylenes is 1. The number of hydrogen-bond acceptors (Lipinski definition) is 2. The molecular formula is C19H40O2Si2. The van der Waals surface area contributed by atoms with Crippen LogP contribution >= 0.6 is 0 Å². The lowest BCUT2D eigenvalue weighted by molar-refractivity contribution is 0.119. The van der Waals surface area contributed by atoms with Gasteiger partial charge in [0, 0.05) is 12.5 Å². The van der Waals surface area contributed by atoms with Gasteiger partial charge < -0.3 is 8.85 Å². The van der Waals surface area contributed by atoms with Crippen molar-refractivity contribution in [2.45, 2.75) is 97.3 Å². The molecule has 0 radical (unpaired) electrons.